The van der Waals surface area contributed by atoms with Crippen LogP contribution in [0.2, 0.25) is 5.02 Å². The maximum Gasteiger partial charge on any atom is 0.343 e. The highest BCUT2D eigenvalue weighted by Crippen LogP contribution is 2.31. The lowest BCUT2D eigenvalue weighted by atomic mass is 10.1. The van der Waals surface area contributed by atoms with Gasteiger partial charge < -0.3 is 4.74 Å². The SMILES string of the molecule is O=C(N/N=C/c1cccc([N+](=O)[O-])c1OC(=O)c1ccc([N+](=O)[O-])cc1)c1ccc(Cl)cc1. The van der Waals surface area contributed by atoms with Crippen molar-refractivity contribution in [3.8, 4) is 5.75 Å². The summed E-state index contributed by atoms with van der Waals surface area (Å²) < 4.78 is 5.21. The van der Waals surface area contributed by atoms with Crippen LogP contribution in [0.1, 0.15) is 26.3 Å². The number of benzene rings is 3. The summed E-state index contributed by atoms with van der Waals surface area (Å²) in [6.45, 7) is 0. The molecule has 3 aromatic rings. The number of rotatable bonds is 7. The molecule has 0 unspecified atom stereocenters. The fraction of sp³-hybridized carbons (Fsp3) is 0. The standard InChI is InChI=1S/C21H13ClN4O7/c22-16-8-4-13(5-9-16)20(27)24-23-12-15-2-1-3-18(26(31)32)19(15)33-21(28)14-6-10-17(11-7-14)25(29)30/h1-12H,(H,24,27)/b23-12+. The number of esters is 1. The first kappa shape index (κ1) is 23.0. The van der Waals surface area contributed by atoms with Crippen LogP contribution in [0.3, 0.4) is 0 Å². The number of non-ortho nitro benzene ring substituents is 1. The summed E-state index contributed by atoms with van der Waals surface area (Å²) in [5.41, 5.74) is 1.77. The lowest BCUT2D eigenvalue weighted by Gasteiger charge is -2.08. The van der Waals surface area contributed by atoms with E-state index in [1.54, 1.807) is 0 Å². The Bertz CT molecular complexity index is 1260. The number of hydrogen-bond donors (Lipinski definition) is 1. The van der Waals surface area contributed by atoms with Crippen molar-refractivity contribution in [2.24, 2.45) is 5.10 Å². The molecule has 0 aliphatic rings. The molecule has 11 nitrogen and oxygen atoms in total. The normalized spacial score (nSPS) is 10.6. The Morgan fingerprint density at radius 3 is 2.15 bits per heavy atom. The number of amides is 1. The van der Waals surface area contributed by atoms with Crippen LogP contribution in [-0.4, -0.2) is 27.9 Å². The number of para-hydroxylation sites is 1. The molecule has 0 aliphatic carbocycles. The van der Waals surface area contributed by atoms with E-state index in [2.05, 4.69) is 10.5 Å². The fourth-order valence-corrected chi connectivity index (χ4v) is 2.72. The molecule has 0 bridgehead atoms. The van der Waals surface area contributed by atoms with Gasteiger partial charge in [-0.25, -0.2) is 10.2 Å². The first-order valence-corrected chi connectivity index (χ1v) is 9.47. The van der Waals surface area contributed by atoms with Gasteiger partial charge in [-0.2, -0.15) is 5.10 Å². The van der Waals surface area contributed by atoms with Crippen LogP contribution in [0, 0.1) is 20.2 Å². The number of carbonyl (C=O) groups is 2. The van der Waals surface area contributed by atoms with Gasteiger partial charge in [-0.1, -0.05) is 17.7 Å². The molecule has 0 radical (unpaired) electrons. The Morgan fingerprint density at radius 1 is 0.909 bits per heavy atom. The predicted octanol–water partition coefficient (Wildman–Crippen LogP) is 4.14. The quantitative estimate of drug-likeness (QED) is 0.179. The van der Waals surface area contributed by atoms with Gasteiger partial charge >= 0.3 is 11.7 Å². The number of hydrazone groups is 1. The van der Waals surface area contributed by atoms with E-state index < -0.39 is 33.2 Å². The van der Waals surface area contributed by atoms with E-state index in [1.165, 1.54) is 36.4 Å². The third-order valence-electron chi connectivity index (χ3n) is 4.21. The predicted molar refractivity (Wildman–Crippen MR) is 118 cm³/mol. The van der Waals surface area contributed by atoms with Gasteiger partial charge in [-0.3, -0.25) is 25.0 Å². The molecule has 0 atom stereocenters. The van der Waals surface area contributed by atoms with Crippen LogP contribution in [0.15, 0.2) is 71.8 Å². The number of nitro benzene ring substituents is 2. The summed E-state index contributed by atoms with van der Waals surface area (Å²) in [5.74, 6) is -1.94. The van der Waals surface area contributed by atoms with E-state index in [9.17, 15) is 29.8 Å². The lowest BCUT2D eigenvalue weighted by molar-refractivity contribution is -0.385. The fourth-order valence-electron chi connectivity index (χ4n) is 2.60. The first-order valence-electron chi connectivity index (χ1n) is 9.09. The number of nitrogens with one attached hydrogen (secondary N) is 1. The van der Waals surface area contributed by atoms with Gasteiger partial charge in [0.25, 0.3) is 11.6 Å². The number of nitrogens with zero attached hydrogens (tertiary/aromatic N) is 3. The van der Waals surface area contributed by atoms with Gasteiger partial charge in [0.15, 0.2) is 0 Å². The van der Waals surface area contributed by atoms with E-state index in [0.29, 0.717) is 5.02 Å². The van der Waals surface area contributed by atoms with Gasteiger partial charge in [0.05, 0.1) is 21.6 Å². The molecule has 3 rings (SSSR count). The second-order valence-corrected chi connectivity index (χ2v) is 6.79. The zero-order valence-electron chi connectivity index (χ0n) is 16.5. The third kappa shape index (κ3) is 5.74. The van der Waals surface area contributed by atoms with Crippen molar-refractivity contribution in [1.82, 2.24) is 5.43 Å². The highest BCUT2D eigenvalue weighted by atomic mass is 35.5. The Kier molecular flexibility index (Phi) is 7.06. The Labute approximate surface area is 190 Å². The Morgan fingerprint density at radius 2 is 1.55 bits per heavy atom. The molecule has 3 aromatic carbocycles. The molecule has 0 fully saturated rings. The monoisotopic (exact) mass is 468 g/mol. The van der Waals surface area contributed by atoms with Crippen molar-refractivity contribution in [3.63, 3.8) is 0 Å². The zero-order chi connectivity index (χ0) is 24.0. The zero-order valence-corrected chi connectivity index (χ0v) is 17.3. The molecular weight excluding hydrogens is 456 g/mol. The third-order valence-corrected chi connectivity index (χ3v) is 4.46. The minimum atomic E-state index is -0.973. The number of hydrogen-bond acceptors (Lipinski definition) is 8. The minimum Gasteiger partial charge on any atom is -0.415 e. The van der Waals surface area contributed by atoms with Crippen LogP contribution < -0.4 is 10.2 Å². The molecule has 0 aromatic heterocycles. The molecule has 1 N–H and O–H groups in total. The second kappa shape index (κ2) is 10.1. The number of halogens is 1. The van der Waals surface area contributed by atoms with Gasteiger partial charge in [-0.15, -0.1) is 0 Å². The Hall–Kier alpha value is -4.64. The molecule has 0 saturated heterocycles. The minimum absolute atomic E-state index is 0.0378. The second-order valence-electron chi connectivity index (χ2n) is 6.35. The molecular formula is C21H13ClN4O7. The van der Waals surface area contributed by atoms with Crippen molar-refractivity contribution in [2.45, 2.75) is 0 Å². The Balaban J connectivity index is 1.83. The van der Waals surface area contributed by atoms with Crippen LogP contribution >= 0.6 is 11.6 Å². The summed E-state index contributed by atoms with van der Waals surface area (Å²) in [6, 6.07) is 14.4. The van der Waals surface area contributed by atoms with Crippen molar-refractivity contribution < 1.29 is 24.2 Å². The van der Waals surface area contributed by atoms with E-state index >= 15 is 0 Å². The van der Waals surface area contributed by atoms with Crippen LogP contribution in [-0.2, 0) is 0 Å². The van der Waals surface area contributed by atoms with E-state index in [1.807, 2.05) is 0 Å². The van der Waals surface area contributed by atoms with Gasteiger partial charge in [0, 0.05) is 34.3 Å². The van der Waals surface area contributed by atoms with Crippen molar-refractivity contribution in [2.75, 3.05) is 0 Å². The van der Waals surface area contributed by atoms with Crippen LogP contribution in [0.5, 0.6) is 5.75 Å². The highest BCUT2D eigenvalue weighted by molar-refractivity contribution is 6.30. The molecule has 0 spiro atoms. The largest absolute Gasteiger partial charge is 0.415 e. The van der Waals surface area contributed by atoms with Gasteiger partial charge in [0.1, 0.15) is 0 Å². The topological polar surface area (TPSA) is 154 Å². The van der Waals surface area contributed by atoms with E-state index in [-0.39, 0.29) is 22.4 Å². The van der Waals surface area contributed by atoms with Crippen molar-refractivity contribution >= 4 is 41.1 Å². The van der Waals surface area contributed by atoms with Crippen LogP contribution in [0.4, 0.5) is 11.4 Å². The summed E-state index contributed by atoms with van der Waals surface area (Å²) in [5, 5.41) is 26.4. The maximum atomic E-state index is 12.5. The summed E-state index contributed by atoms with van der Waals surface area (Å²) >= 11 is 5.78. The molecule has 33 heavy (non-hydrogen) atoms. The average molecular weight is 469 g/mol. The first-order chi connectivity index (χ1) is 15.8. The summed E-state index contributed by atoms with van der Waals surface area (Å²) in [7, 11) is 0. The molecule has 12 heteroatoms. The van der Waals surface area contributed by atoms with Gasteiger partial charge in [0.2, 0.25) is 5.75 Å². The number of nitro groups is 2. The smallest absolute Gasteiger partial charge is 0.343 e. The lowest BCUT2D eigenvalue weighted by Crippen LogP contribution is -2.17. The molecule has 0 saturated carbocycles. The number of ether oxygens (including phenoxy) is 1. The summed E-state index contributed by atoms with van der Waals surface area (Å²) in [6.07, 6.45) is 1.08. The molecule has 166 valence electrons. The van der Waals surface area contributed by atoms with E-state index in [0.717, 1.165) is 36.5 Å². The molecule has 1 amide bonds. The summed E-state index contributed by atoms with van der Waals surface area (Å²) in [4.78, 5) is 45.4. The van der Waals surface area contributed by atoms with Crippen LogP contribution in [0.25, 0.3) is 0 Å². The number of carbonyl (C=O) groups excluding carboxylic acids is 2. The molecule has 0 aliphatic heterocycles. The maximum absolute atomic E-state index is 12.5. The molecule has 0 heterocycles. The van der Waals surface area contributed by atoms with E-state index in [4.69, 9.17) is 16.3 Å². The highest BCUT2D eigenvalue weighted by Gasteiger charge is 2.22. The average Bonchev–Trinajstić information content (AvgIpc) is 2.80. The van der Waals surface area contributed by atoms with Crippen molar-refractivity contribution in [1.29, 1.82) is 0 Å². The van der Waals surface area contributed by atoms with Gasteiger partial charge in [-0.05, 0) is 42.5 Å². The van der Waals surface area contributed by atoms with Crippen molar-refractivity contribution in [3.05, 3.63) is 109 Å².